The second-order valence-electron chi connectivity index (χ2n) is 2.64. The van der Waals surface area contributed by atoms with E-state index >= 15 is 0 Å². The van der Waals surface area contributed by atoms with Gasteiger partial charge in [-0.25, -0.2) is 4.98 Å². The van der Waals surface area contributed by atoms with Gasteiger partial charge in [-0.1, -0.05) is 6.07 Å². The van der Waals surface area contributed by atoms with Crippen LogP contribution in [0.25, 0.3) is 10.2 Å². The highest BCUT2D eigenvalue weighted by atomic mass is 32.1. The molecule has 0 aliphatic rings. The van der Waals surface area contributed by atoms with Gasteiger partial charge in [0.05, 0.1) is 10.2 Å². The quantitative estimate of drug-likeness (QED) is 0.626. The summed E-state index contributed by atoms with van der Waals surface area (Å²) >= 11 is 1.43. The zero-order valence-corrected chi connectivity index (χ0v) is 7.39. The minimum absolute atomic E-state index is 0.551. The van der Waals surface area contributed by atoms with Gasteiger partial charge >= 0.3 is 0 Å². The number of aryl methyl sites for hydroxylation is 1. The molecule has 0 saturated carbocycles. The van der Waals surface area contributed by atoms with Crippen molar-refractivity contribution >= 4 is 27.8 Å². The fourth-order valence-electron chi connectivity index (χ4n) is 1.11. The van der Waals surface area contributed by atoms with Gasteiger partial charge in [0, 0.05) is 0 Å². The van der Waals surface area contributed by atoms with E-state index in [0.29, 0.717) is 5.01 Å². The van der Waals surface area contributed by atoms with Crippen LogP contribution in [-0.4, -0.2) is 11.3 Å². The van der Waals surface area contributed by atoms with Gasteiger partial charge in [0.1, 0.15) is 0 Å². The number of benzene rings is 1. The maximum atomic E-state index is 10.4. The minimum atomic E-state index is 0.551. The summed E-state index contributed by atoms with van der Waals surface area (Å²) in [6.45, 7) is 2.01. The van der Waals surface area contributed by atoms with Crippen LogP contribution in [0, 0.1) is 6.92 Å². The summed E-state index contributed by atoms with van der Waals surface area (Å²) in [5.41, 5.74) is 2.09. The van der Waals surface area contributed by atoms with Crippen LogP contribution in [0.2, 0.25) is 0 Å². The molecule has 0 N–H and O–H groups in total. The Labute approximate surface area is 73.9 Å². The molecule has 2 rings (SSSR count). The lowest BCUT2D eigenvalue weighted by Gasteiger charge is -1.88. The van der Waals surface area contributed by atoms with Gasteiger partial charge in [0.2, 0.25) is 0 Å². The molecule has 0 radical (unpaired) electrons. The molecule has 2 nitrogen and oxygen atoms in total. The van der Waals surface area contributed by atoms with Crippen molar-refractivity contribution in [3.05, 3.63) is 28.8 Å². The monoisotopic (exact) mass is 177 g/mol. The second kappa shape index (κ2) is 2.68. The topological polar surface area (TPSA) is 30.0 Å². The molecule has 0 saturated heterocycles. The zero-order chi connectivity index (χ0) is 8.55. The Kier molecular flexibility index (Phi) is 1.66. The van der Waals surface area contributed by atoms with E-state index in [9.17, 15) is 4.79 Å². The van der Waals surface area contributed by atoms with Crippen LogP contribution in [0.4, 0.5) is 0 Å². The van der Waals surface area contributed by atoms with Crippen molar-refractivity contribution in [1.82, 2.24) is 4.98 Å². The van der Waals surface area contributed by atoms with E-state index in [4.69, 9.17) is 0 Å². The van der Waals surface area contributed by atoms with E-state index in [1.54, 1.807) is 0 Å². The highest BCUT2D eigenvalue weighted by molar-refractivity contribution is 7.20. The molecule has 0 unspecified atom stereocenters. The van der Waals surface area contributed by atoms with E-state index in [1.165, 1.54) is 16.9 Å². The maximum absolute atomic E-state index is 10.4. The third kappa shape index (κ3) is 1.12. The first-order valence-corrected chi connectivity index (χ1v) is 4.43. The predicted molar refractivity (Wildman–Crippen MR) is 49.7 cm³/mol. The van der Waals surface area contributed by atoms with E-state index in [-0.39, 0.29) is 0 Å². The number of hydrogen-bond acceptors (Lipinski definition) is 3. The lowest BCUT2D eigenvalue weighted by Crippen LogP contribution is -1.74. The third-order valence-electron chi connectivity index (χ3n) is 1.66. The summed E-state index contributed by atoms with van der Waals surface area (Å²) in [6.07, 6.45) is 0.792. The number of thiazole rings is 1. The van der Waals surface area contributed by atoms with Crippen LogP contribution < -0.4 is 0 Å². The lowest BCUT2D eigenvalue weighted by molar-refractivity contribution is 0.112. The molecule has 3 heteroatoms. The third-order valence-corrected chi connectivity index (χ3v) is 2.62. The van der Waals surface area contributed by atoms with Crippen molar-refractivity contribution in [3.63, 3.8) is 0 Å². The minimum Gasteiger partial charge on any atom is -0.295 e. The first kappa shape index (κ1) is 7.43. The van der Waals surface area contributed by atoms with E-state index < -0.39 is 0 Å². The molecular formula is C9H7NOS. The Bertz CT molecular complexity index is 433. The highest BCUT2D eigenvalue weighted by Gasteiger charge is 2.01. The van der Waals surface area contributed by atoms with Crippen LogP contribution >= 0.6 is 11.3 Å². The van der Waals surface area contributed by atoms with Gasteiger partial charge in [-0.15, -0.1) is 11.3 Å². The van der Waals surface area contributed by atoms with Crippen molar-refractivity contribution < 1.29 is 4.79 Å². The number of nitrogens with zero attached hydrogens (tertiary/aromatic N) is 1. The summed E-state index contributed by atoms with van der Waals surface area (Å²) < 4.78 is 1.07. The van der Waals surface area contributed by atoms with E-state index in [2.05, 4.69) is 4.98 Å². The average molecular weight is 177 g/mol. The average Bonchev–Trinajstić information content (AvgIpc) is 2.46. The second-order valence-corrected chi connectivity index (χ2v) is 3.70. The van der Waals surface area contributed by atoms with Crippen LogP contribution in [-0.2, 0) is 0 Å². The van der Waals surface area contributed by atoms with Crippen molar-refractivity contribution in [2.45, 2.75) is 6.92 Å². The Morgan fingerprint density at radius 3 is 3.08 bits per heavy atom. The number of aromatic nitrogens is 1. The van der Waals surface area contributed by atoms with E-state index in [1.807, 2.05) is 25.1 Å². The Balaban J connectivity index is 2.75. The predicted octanol–water partition coefficient (Wildman–Crippen LogP) is 2.42. The van der Waals surface area contributed by atoms with Crippen LogP contribution in [0.5, 0.6) is 0 Å². The van der Waals surface area contributed by atoms with Crippen molar-refractivity contribution in [2.24, 2.45) is 0 Å². The molecule has 0 spiro atoms. The van der Waals surface area contributed by atoms with Gasteiger partial charge in [0.15, 0.2) is 11.3 Å². The van der Waals surface area contributed by atoms with Gasteiger partial charge in [-0.2, -0.15) is 0 Å². The first-order valence-electron chi connectivity index (χ1n) is 3.62. The van der Waals surface area contributed by atoms with Crippen LogP contribution in [0.1, 0.15) is 15.4 Å². The molecule has 0 aliphatic heterocycles. The lowest BCUT2D eigenvalue weighted by atomic mass is 10.2. The molecule has 2 aromatic rings. The Hall–Kier alpha value is -1.22. The summed E-state index contributed by atoms with van der Waals surface area (Å²) in [5, 5.41) is 0.551. The normalized spacial score (nSPS) is 10.4. The standard InChI is InChI=1S/C9H7NOS/c1-6-2-3-8-7(4-6)10-9(5-11)12-8/h2-5H,1H3. The summed E-state index contributed by atoms with van der Waals surface area (Å²) in [4.78, 5) is 14.6. The number of hydrogen-bond donors (Lipinski definition) is 0. The van der Waals surface area contributed by atoms with Crippen LogP contribution in [0.15, 0.2) is 18.2 Å². The Morgan fingerprint density at radius 1 is 1.50 bits per heavy atom. The van der Waals surface area contributed by atoms with Crippen LogP contribution in [0.3, 0.4) is 0 Å². The number of fused-ring (bicyclic) bond motifs is 1. The van der Waals surface area contributed by atoms with Gasteiger partial charge in [0.25, 0.3) is 0 Å². The van der Waals surface area contributed by atoms with Gasteiger partial charge in [-0.3, -0.25) is 4.79 Å². The number of carbonyl (C=O) groups is 1. The highest BCUT2D eigenvalue weighted by Crippen LogP contribution is 2.21. The fourth-order valence-corrected chi connectivity index (χ4v) is 1.87. The Morgan fingerprint density at radius 2 is 2.33 bits per heavy atom. The molecule has 60 valence electrons. The van der Waals surface area contributed by atoms with Crippen molar-refractivity contribution in [2.75, 3.05) is 0 Å². The molecule has 0 bridgehead atoms. The summed E-state index contributed by atoms with van der Waals surface area (Å²) in [5.74, 6) is 0. The number of rotatable bonds is 1. The summed E-state index contributed by atoms with van der Waals surface area (Å²) in [6, 6.07) is 6.00. The smallest absolute Gasteiger partial charge is 0.178 e. The SMILES string of the molecule is Cc1ccc2sc(C=O)nc2c1. The molecule has 12 heavy (non-hydrogen) atoms. The molecule has 0 amide bonds. The number of carbonyl (C=O) groups excluding carboxylic acids is 1. The first-order chi connectivity index (χ1) is 5.79. The van der Waals surface area contributed by atoms with Crippen molar-refractivity contribution in [3.8, 4) is 0 Å². The van der Waals surface area contributed by atoms with E-state index in [0.717, 1.165) is 16.5 Å². The fraction of sp³-hybridized carbons (Fsp3) is 0.111. The molecule has 1 aromatic heterocycles. The maximum Gasteiger partial charge on any atom is 0.178 e. The van der Waals surface area contributed by atoms with Gasteiger partial charge in [-0.05, 0) is 24.6 Å². The molecule has 0 aliphatic carbocycles. The largest absolute Gasteiger partial charge is 0.295 e. The summed E-state index contributed by atoms with van der Waals surface area (Å²) in [7, 11) is 0. The number of aldehydes is 1. The van der Waals surface area contributed by atoms with Gasteiger partial charge < -0.3 is 0 Å². The van der Waals surface area contributed by atoms with Crippen molar-refractivity contribution in [1.29, 1.82) is 0 Å². The molecule has 0 fully saturated rings. The molecule has 1 heterocycles. The zero-order valence-electron chi connectivity index (χ0n) is 6.57. The molecular weight excluding hydrogens is 170 g/mol. The molecule has 0 atom stereocenters. The molecule has 1 aromatic carbocycles.